The van der Waals surface area contributed by atoms with Crippen LogP contribution in [0.2, 0.25) is 0 Å². The number of allylic oxidation sites excluding steroid dienone is 1. The number of nitrogens with zero attached hydrogens (tertiary/aromatic N) is 2. The van der Waals surface area contributed by atoms with Gasteiger partial charge in [0.05, 0.1) is 11.3 Å². The van der Waals surface area contributed by atoms with Gasteiger partial charge >= 0.3 is 5.97 Å². The summed E-state index contributed by atoms with van der Waals surface area (Å²) in [5, 5.41) is 33.6. The standard InChI is InChI=1S/C12H18N4O6/c13-8-2-1-3-10(11(17)18)14-12(16(21)22)6-4-9(5-7-12)15(19)20/h4-6,10,14H,1-3,7-8,13H2,(H,17,18)/t10-,12?/m0/s1. The number of carboxylic acid groups (broad SMARTS) is 1. The first-order valence-corrected chi connectivity index (χ1v) is 6.71. The summed E-state index contributed by atoms with van der Waals surface area (Å²) in [6.45, 7) is 0.404. The lowest BCUT2D eigenvalue weighted by molar-refractivity contribution is -0.563. The van der Waals surface area contributed by atoms with Crippen LogP contribution in [0.25, 0.3) is 0 Å². The lowest BCUT2D eigenvalue weighted by Gasteiger charge is -2.27. The molecule has 2 atom stereocenters. The SMILES string of the molecule is NCCCC[C@H](NC1([N+](=O)[O-])C=CC([N+](=O)[O-])=CC1)C(=O)O. The van der Waals surface area contributed by atoms with Gasteiger partial charge in [0.2, 0.25) is 0 Å². The van der Waals surface area contributed by atoms with Gasteiger partial charge in [0, 0.05) is 23.2 Å². The summed E-state index contributed by atoms with van der Waals surface area (Å²) in [5.74, 6) is -1.21. The van der Waals surface area contributed by atoms with E-state index >= 15 is 0 Å². The molecule has 10 nitrogen and oxygen atoms in total. The smallest absolute Gasteiger partial charge is 0.320 e. The molecule has 0 heterocycles. The molecule has 1 aliphatic rings. The van der Waals surface area contributed by atoms with Crippen molar-refractivity contribution in [1.29, 1.82) is 0 Å². The van der Waals surface area contributed by atoms with Crippen molar-refractivity contribution < 1.29 is 19.7 Å². The third-order valence-corrected chi connectivity index (χ3v) is 3.36. The minimum absolute atomic E-state index is 0.182. The number of aliphatic carboxylic acids is 1. The van der Waals surface area contributed by atoms with Crippen molar-refractivity contribution in [3.05, 3.63) is 44.2 Å². The highest BCUT2D eigenvalue weighted by atomic mass is 16.6. The summed E-state index contributed by atoms with van der Waals surface area (Å²) in [4.78, 5) is 31.9. The summed E-state index contributed by atoms with van der Waals surface area (Å²) < 4.78 is 0. The zero-order valence-electron chi connectivity index (χ0n) is 11.8. The summed E-state index contributed by atoms with van der Waals surface area (Å²) in [7, 11) is 0. The fraction of sp³-hybridized carbons (Fsp3) is 0.583. The van der Waals surface area contributed by atoms with Crippen LogP contribution in [0.3, 0.4) is 0 Å². The average molecular weight is 314 g/mol. The average Bonchev–Trinajstić information content (AvgIpc) is 2.46. The zero-order chi connectivity index (χ0) is 16.8. The Morgan fingerprint density at radius 3 is 2.55 bits per heavy atom. The molecule has 122 valence electrons. The molecule has 1 rings (SSSR count). The van der Waals surface area contributed by atoms with Crippen LogP contribution in [0, 0.1) is 20.2 Å². The Hall–Kier alpha value is -2.33. The molecule has 0 spiro atoms. The zero-order valence-corrected chi connectivity index (χ0v) is 11.8. The number of nitrogens with one attached hydrogen (secondary N) is 1. The van der Waals surface area contributed by atoms with Crippen LogP contribution in [0.5, 0.6) is 0 Å². The van der Waals surface area contributed by atoms with Crippen LogP contribution >= 0.6 is 0 Å². The second-order valence-electron chi connectivity index (χ2n) is 4.92. The molecule has 22 heavy (non-hydrogen) atoms. The molecule has 0 aliphatic heterocycles. The largest absolute Gasteiger partial charge is 0.480 e. The van der Waals surface area contributed by atoms with Gasteiger partial charge in [-0.05, 0) is 19.4 Å². The highest BCUT2D eigenvalue weighted by Gasteiger charge is 2.45. The molecular weight excluding hydrogens is 296 g/mol. The van der Waals surface area contributed by atoms with E-state index in [0.29, 0.717) is 19.4 Å². The van der Waals surface area contributed by atoms with Crippen LogP contribution in [-0.4, -0.2) is 39.2 Å². The Balaban J connectivity index is 2.88. The van der Waals surface area contributed by atoms with E-state index in [1.54, 1.807) is 0 Å². The second kappa shape index (κ2) is 7.61. The predicted octanol–water partition coefficient (Wildman–Crippen LogP) is 0.252. The van der Waals surface area contributed by atoms with Crippen LogP contribution < -0.4 is 11.1 Å². The van der Waals surface area contributed by atoms with Crippen molar-refractivity contribution >= 4 is 5.97 Å². The van der Waals surface area contributed by atoms with Gasteiger partial charge in [-0.15, -0.1) is 0 Å². The maximum atomic E-state index is 11.3. The second-order valence-corrected chi connectivity index (χ2v) is 4.92. The number of rotatable bonds is 9. The molecule has 0 bridgehead atoms. The molecule has 0 aromatic heterocycles. The highest BCUT2D eigenvalue weighted by Crippen LogP contribution is 2.23. The van der Waals surface area contributed by atoms with E-state index in [1.165, 1.54) is 0 Å². The fourth-order valence-electron chi connectivity index (χ4n) is 2.10. The molecule has 0 radical (unpaired) electrons. The Kier molecular flexibility index (Phi) is 6.13. The molecule has 0 saturated carbocycles. The van der Waals surface area contributed by atoms with Crippen molar-refractivity contribution in [2.45, 2.75) is 37.4 Å². The number of unbranched alkanes of at least 4 members (excludes halogenated alkanes) is 1. The third-order valence-electron chi connectivity index (χ3n) is 3.36. The van der Waals surface area contributed by atoms with E-state index in [0.717, 1.165) is 18.2 Å². The molecule has 0 aromatic carbocycles. The van der Waals surface area contributed by atoms with Gasteiger partial charge in [-0.2, -0.15) is 0 Å². The van der Waals surface area contributed by atoms with Gasteiger partial charge in [0.1, 0.15) is 6.04 Å². The van der Waals surface area contributed by atoms with Crippen molar-refractivity contribution in [2.75, 3.05) is 6.54 Å². The van der Waals surface area contributed by atoms with E-state index in [4.69, 9.17) is 5.73 Å². The lowest BCUT2D eigenvalue weighted by atomic mass is 9.97. The van der Waals surface area contributed by atoms with E-state index < -0.39 is 27.5 Å². The molecule has 1 unspecified atom stereocenters. The van der Waals surface area contributed by atoms with Gasteiger partial charge < -0.3 is 10.8 Å². The quantitative estimate of drug-likeness (QED) is 0.236. The van der Waals surface area contributed by atoms with E-state index in [-0.39, 0.29) is 18.5 Å². The van der Waals surface area contributed by atoms with Crippen molar-refractivity contribution in [2.24, 2.45) is 5.73 Å². The number of nitrogens with two attached hydrogens (primary N) is 1. The maximum absolute atomic E-state index is 11.3. The summed E-state index contributed by atoms with van der Waals surface area (Å²) in [6, 6.07) is -1.13. The first kappa shape index (κ1) is 17.7. The van der Waals surface area contributed by atoms with Gasteiger partial charge in [-0.3, -0.25) is 25.0 Å². The summed E-state index contributed by atoms with van der Waals surface area (Å²) >= 11 is 0. The van der Waals surface area contributed by atoms with Crippen molar-refractivity contribution in [1.82, 2.24) is 5.32 Å². The molecule has 0 amide bonds. The van der Waals surface area contributed by atoms with Crippen molar-refractivity contribution in [3.8, 4) is 0 Å². The van der Waals surface area contributed by atoms with Gasteiger partial charge in [-0.25, -0.2) is 5.32 Å². The number of carbonyl (C=O) groups is 1. The lowest BCUT2D eigenvalue weighted by Crippen LogP contribution is -2.57. The normalized spacial score (nSPS) is 22.0. The van der Waals surface area contributed by atoms with Crippen LogP contribution in [0.15, 0.2) is 23.9 Å². The number of hydrogen-bond donors (Lipinski definition) is 3. The van der Waals surface area contributed by atoms with Crippen LogP contribution in [0.4, 0.5) is 0 Å². The minimum Gasteiger partial charge on any atom is -0.480 e. The molecule has 4 N–H and O–H groups in total. The Morgan fingerprint density at radius 2 is 2.14 bits per heavy atom. The monoisotopic (exact) mass is 314 g/mol. The van der Waals surface area contributed by atoms with Gasteiger partial charge in [-0.1, -0.05) is 6.42 Å². The Morgan fingerprint density at radius 1 is 1.45 bits per heavy atom. The molecule has 0 fully saturated rings. The van der Waals surface area contributed by atoms with Gasteiger partial charge in [0.15, 0.2) is 0 Å². The first-order chi connectivity index (χ1) is 10.3. The first-order valence-electron chi connectivity index (χ1n) is 6.71. The highest BCUT2D eigenvalue weighted by molar-refractivity contribution is 5.73. The maximum Gasteiger partial charge on any atom is 0.320 e. The fourth-order valence-corrected chi connectivity index (χ4v) is 2.10. The third kappa shape index (κ3) is 4.33. The topological polar surface area (TPSA) is 162 Å². The molecule has 0 saturated heterocycles. The summed E-state index contributed by atoms with van der Waals surface area (Å²) in [5.41, 5.74) is 3.22. The van der Waals surface area contributed by atoms with Gasteiger partial charge in [0.25, 0.3) is 11.4 Å². The Bertz CT molecular complexity index is 518. The molecule has 1 aliphatic carbocycles. The minimum atomic E-state index is -1.86. The van der Waals surface area contributed by atoms with Crippen LogP contribution in [0.1, 0.15) is 25.7 Å². The van der Waals surface area contributed by atoms with E-state index in [9.17, 15) is 30.1 Å². The number of hydrogen-bond acceptors (Lipinski definition) is 7. The van der Waals surface area contributed by atoms with Crippen LogP contribution in [-0.2, 0) is 4.79 Å². The molecule has 0 aromatic rings. The Labute approximate surface area is 126 Å². The summed E-state index contributed by atoms with van der Waals surface area (Å²) in [6.07, 6.45) is 4.15. The number of carboxylic acids is 1. The molecule has 10 heteroatoms. The van der Waals surface area contributed by atoms with E-state index in [2.05, 4.69) is 5.32 Å². The predicted molar refractivity (Wildman–Crippen MR) is 76.0 cm³/mol. The molecular formula is C12H18N4O6. The van der Waals surface area contributed by atoms with Crippen molar-refractivity contribution in [3.63, 3.8) is 0 Å². The van der Waals surface area contributed by atoms with E-state index in [1.807, 2.05) is 0 Å². The number of nitro groups is 2.